The number of rotatable bonds is 5. The molecule has 24 heavy (non-hydrogen) atoms. The third-order valence-corrected chi connectivity index (χ3v) is 5.05. The van der Waals surface area contributed by atoms with Crippen LogP contribution in [-0.2, 0) is 0 Å². The van der Waals surface area contributed by atoms with E-state index >= 15 is 0 Å². The van der Waals surface area contributed by atoms with Gasteiger partial charge in [-0.25, -0.2) is 4.98 Å². The first kappa shape index (κ1) is 16.2. The number of nitriles is 1. The van der Waals surface area contributed by atoms with E-state index in [0.29, 0.717) is 5.57 Å². The molecule has 0 spiro atoms. The van der Waals surface area contributed by atoms with Crippen molar-refractivity contribution in [1.29, 1.82) is 5.26 Å². The van der Waals surface area contributed by atoms with Gasteiger partial charge >= 0.3 is 0 Å². The average Bonchev–Trinajstić information content (AvgIpc) is 3.06. The van der Waals surface area contributed by atoms with Crippen LogP contribution in [0, 0.1) is 11.3 Å². The van der Waals surface area contributed by atoms with Crippen LogP contribution in [0.2, 0.25) is 0 Å². The molecule has 0 aliphatic carbocycles. The normalized spacial score (nSPS) is 11.5. The molecule has 0 saturated heterocycles. The summed E-state index contributed by atoms with van der Waals surface area (Å²) in [5, 5.41) is 10.3. The summed E-state index contributed by atoms with van der Waals surface area (Å²) in [7, 11) is 0. The lowest BCUT2D eigenvalue weighted by Crippen LogP contribution is -2.21. The van der Waals surface area contributed by atoms with E-state index in [1.807, 2.05) is 30.3 Å². The quantitative estimate of drug-likeness (QED) is 0.602. The third-order valence-electron chi connectivity index (χ3n) is 3.98. The summed E-state index contributed by atoms with van der Waals surface area (Å²) in [6, 6.07) is 18.6. The maximum atomic E-state index is 9.53. The second kappa shape index (κ2) is 7.29. The minimum Gasteiger partial charge on any atom is -0.372 e. The molecular weight excluding hydrogens is 314 g/mol. The van der Waals surface area contributed by atoms with E-state index in [-0.39, 0.29) is 0 Å². The van der Waals surface area contributed by atoms with E-state index in [9.17, 15) is 5.26 Å². The van der Waals surface area contributed by atoms with Gasteiger partial charge in [-0.1, -0.05) is 24.3 Å². The summed E-state index contributed by atoms with van der Waals surface area (Å²) in [6.07, 6.45) is 1.91. The van der Waals surface area contributed by atoms with Crippen molar-refractivity contribution in [1.82, 2.24) is 4.98 Å². The number of hydrogen-bond acceptors (Lipinski definition) is 4. The molecule has 3 aromatic rings. The Morgan fingerprint density at radius 2 is 1.83 bits per heavy atom. The second-order valence-electron chi connectivity index (χ2n) is 5.42. The summed E-state index contributed by atoms with van der Waals surface area (Å²) < 4.78 is 1.10. The first-order valence-corrected chi connectivity index (χ1v) is 8.89. The highest BCUT2D eigenvalue weighted by Crippen LogP contribution is 2.28. The zero-order valence-corrected chi connectivity index (χ0v) is 14.7. The molecule has 0 atom stereocenters. The van der Waals surface area contributed by atoms with Crippen molar-refractivity contribution in [2.75, 3.05) is 18.0 Å². The second-order valence-corrected chi connectivity index (χ2v) is 6.45. The molecule has 3 nitrogen and oxygen atoms in total. The van der Waals surface area contributed by atoms with E-state index in [1.54, 1.807) is 11.3 Å². The summed E-state index contributed by atoms with van der Waals surface area (Å²) >= 11 is 1.55. The van der Waals surface area contributed by atoms with Crippen LogP contribution in [0.25, 0.3) is 21.9 Å². The van der Waals surface area contributed by atoms with Crippen molar-refractivity contribution in [3.63, 3.8) is 0 Å². The van der Waals surface area contributed by atoms with Crippen LogP contribution in [0.3, 0.4) is 0 Å². The number of para-hydroxylation sites is 1. The molecule has 0 fully saturated rings. The summed E-state index contributed by atoms with van der Waals surface area (Å²) in [6.45, 7) is 6.28. The number of hydrogen-bond donors (Lipinski definition) is 0. The zero-order chi connectivity index (χ0) is 16.9. The molecule has 3 rings (SSSR count). The van der Waals surface area contributed by atoms with Crippen molar-refractivity contribution < 1.29 is 0 Å². The molecule has 0 aliphatic rings. The maximum Gasteiger partial charge on any atom is 0.135 e. The van der Waals surface area contributed by atoms with Crippen LogP contribution in [0.1, 0.15) is 24.4 Å². The minimum absolute atomic E-state index is 0.604. The molecule has 0 bridgehead atoms. The Morgan fingerprint density at radius 1 is 1.12 bits per heavy atom. The van der Waals surface area contributed by atoms with E-state index in [4.69, 9.17) is 0 Å². The topological polar surface area (TPSA) is 39.9 Å². The third kappa shape index (κ3) is 3.32. The van der Waals surface area contributed by atoms with Gasteiger partial charge in [-0.05, 0) is 49.8 Å². The van der Waals surface area contributed by atoms with Gasteiger partial charge in [-0.15, -0.1) is 11.3 Å². The van der Waals surface area contributed by atoms with E-state index in [1.165, 1.54) is 5.69 Å². The molecule has 0 radical (unpaired) electrons. The lowest BCUT2D eigenvalue weighted by atomic mass is 10.1. The Labute approximate surface area is 146 Å². The van der Waals surface area contributed by atoms with Crippen molar-refractivity contribution in [3.05, 3.63) is 59.1 Å². The Hall–Kier alpha value is -2.64. The monoisotopic (exact) mass is 333 g/mol. The van der Waals surface area contributed by atoms with E-state index in [0.717, 1.165) is 33.9 Å². The Kier molecular flexibility index (Phi) is 4.93. The highest BCUT2D eigenvalue weighted by Gasteiger charge is 2.08. The molecule has 0 amide bonds. The van der Waals surface area contributed by atoms with Crippen molar-refractivity contribution in [3.8, 4) is 6.07 Å². The highest BCUT2D eigenvalue weighted by molar-refractivity contribution is 7.19. The van der Waals surface area contributed by atoms with Crippen molar-refractivity contribution in [2.24, 2.45) is 0 Å². The smallest absolute Gasteiger partial charge is 0.135 e. The van der Waals surface area contributed by atoms with Crippen molar-refractivity contribution >= 4 is 38.9 Å². The first-order chi connectivity index (χ1) is 11.7. The molecule has 4 heteroatoms. The predicted molar refractivity (Wildman–Crippen MR) is 103 cm³/mol. The van der Waals surface area contributed by atoms with Crippen LogP contribution in [0.15, 0.2) is 48.5 Å². The molecule has 0 N–H and O–H groups in total. The van der Waals surface area contributed by atoms with Crippen LogP contribution >= 0.6 is 11.3 Å². The molecule has 120 valence electrons. The van der Waals surface area contributed by atoms with Crippen LogP contribution < -0.4 is 4.90 Å². The number of fused-ring (bicyclic) bond motifs is 1. The number of anilines is 1. The summed E-state index contributed by atoms with van der Waals surface area (Å²) in [5.41, 5.74) is 3.76. The molecule has 2 aromatic carbocycles. The SMILES string of the molecule is CCN(CC)c1ccc(/C=C(\C#N)c2nc3ccccc3s2)cc1. The van der Waals surface area contributed by atoms with E-state index in [2.05, 4.69) is 54.1 Å². The van der Waals surface area contributed by atoms with Gasteiger partial charge in [-0.3, -0.25) is 0 Å². The van der Waals surface area contributed by atoms with Gasteiger partial charge in [0.1, 0.15) is 11.1 Å². The number of allylic oxidation sites excluding steroid dienone is 1. The minimum atomic E-state index is 0.604. The maximum absolute atomic E-state index is 9.53. The summed E-state index contributed by atoms with van der Waals surface area (Å²) in [4.78, 5) is 6.87. The Balaban J connectivity index is 1.91. The fraction of sp³-hybridized carbons (Fsp3) is 0.200. The highest BCUT2D eigenvalue weighted by atomic mass is 32.1. The number of benzene rings is 2. The largest absolute Gasteiger partial charge is 0.372 e. The van der Waals surface area contributed by atoms with Gasteiger partial charge < -0.3 is 4.90 Å². The van der Waals surface area contributed by atoms with Gasteiger partial charge in [0.15, 0.2) is 0 Å². The molecule has 0 unspecified atom stereocenters. The average molecular weight is 333 g/mol. The van der Waals surface area contributed by atoms with Crippen LogP contribution in [0.4, 0.5) is 5.69 Å². The Bertz CT molecular complexity index is 864. The Morgan fingerprint density at radius 3 is 2.46 bits per heavy atom. The van der Waals surface area contributed by atoms with Gasteiger partial charge in [0.2, 0.25) is 0 Å². The van der Waals surface area contributed by atoms with Gasteiger partial charge in [0, 0.05) is 18.8 Å². The van der Waals surface area contributed by atoms with Gasteiger partial charge in [-0.2, -0.15) is 5.26 Å². The standard InChI is InChI=1S/C20H19N3S/c1-3-23(4-2)17-11-9-15(10-12-17)13-16(14-21)20-22-18-7-5-6-8-19(18)24-20/h5-13H,3-4H2,1-2H3/b16-13+. The molecular formula is C20H19N3S. The van der Waals surface area contributed by atoms with Gasteiger partial charge in [0.25, 0.3) is 0 Å². The lowest BCUT2D eigenvalue weighted by Gasteiger charge is -2.20. The molecule has 0 saturated carbocycles. The number of aromatic nitrogens is 1. The fourth-order valence-electron chi connectivity index (χ4n) is 2.67. The predicted octanol–water partition coefficient (Wildman–Crippen LogP) is 5.21. The van der Waals surface area contributed by atoms with Crippen LogP contribution in [-0.4, -0.2) is 18.1 Å². The zero-order valence-electron chi connectivity index (χ0n) is 13.9. The van der Waals surface area contributed by atoms with Gasteiger partial charge in [0.05, 0.1) is 15.8 Å². The molecule has 1 heterocycles. The first-order valence-electron chi connectivity index (χ1n) is 8.08. The van der Waals surface area contributed by atoms with Crippen molar-refractivity contribution in [2.45, 2.75) is 13.8 Å². The number of thiazole rings is 1. The summed E-state index contributed by atoms with van der Waals surface area (Å²) in [5.74, 6) is 0. The van der Waals surface area contributed by atoms with E-state index < -0.39 is 0 Å². The molecule has 0 aliphatic heterocycles. The number of nitrogens with zero attached hydrogens (tertiary/aromatic N) is 3. The lowest BCUT2D eigenvalue weighted by molar-refractivity contribution is 0.866. The van der Waals surface area contributed by atoms with Crippen LogP contribution in [0.5, 0.6) is 0 Å². The molecule has 1 aromatic heterocycles. The fourth-order valence-corrected chi connectivity index (χ4v) is 3.60.